The molecule has 2 aliphatic carbocycles. The summed E-state index contributed by atoms with van der Waals surface area (Å²) in [7, 11) is 0. The Kier molecular flexibility index (Phi) is 5.98. The molecule has 2 amide bonds. The molecule has 1 aromatic rings. The molecule has 1 atom stereocenters. The Balaban J connectivity index is 1.69. The molecule has 0 N–H and O–H groups in total. The monoisotopic (exact) mass is 386 g/mol. The number of nitrogens with zero attached hydrogens (tertiary/aromatic N) is 2. The molecule has 1 aromatic carbocycles. The molecule has 152 valence electrons. The van der Waals surface area contributed by atoms with Gasteiger partial charge in [-0.1, -0.05) is 63.1 Å². The summed E-state index contributed by atoms with van der Waals surface area (Å²) in [6, 6.07) is 5.83. The van der Waals surface area contributed by atoms with Gasteiger partial charge in [0, 0.05) is 17.6 Å². The summed E-state index contributed by atoms with van der Waals surface area (Å²) >= 11 is 0. The lowest BCUT2D eigenvalue weighted by Gasteiger charge is -2.47. The van der Waals surface area contributed by atoms with Crippen molar-refractivity contribution in [3.05, 3.63) is 35.6 Å². The van der Waals surface area contributed by atoms with Gasteiger partial charge in [-0.05, 0) is 31.7 Å². The number of piperazine rings is 1. The average molecular weight is 387 g/mol. The number of benzene rings is 1. The number of rotatable bonds is 3. The molecule has 0 aromatic heterocycles. The minimum absolute atomic E-state index is 0.0102. The van der Waals surface area contributed by atoms with Gasteiger partial charge in [0.25, 0.3) is 5.91 Å². The van der Waals surface area contributed by atoms with Crippen LogP contribution in [-0.2, 0) is 9.59 Å². The topological polar surface area (TPSA) is 40.6 Å². The van der Waals surface area contributed by atoms with Crippen LogP contribution in [0.3, 0.4) is 0 Å². The van der Waals surface area contributed by atoms with E-state index >= 15 is 0 Å². The van der Waals surface area contributed by atoms with Gasteiger partial charge in [-0.3, -0.25) is 9.59 Å². The van der Waals surface area contributed by atoms with Crippen LogP contribution in [0.1, 0.15) is 82.2 Å². The molecule has 0 bridgehead atoms. The first-order valence-corrected chi connectivity index (χ1v) is 11.0. The predicted molar refractivity (Wildman–Crippen MR) is 106 cm³/mol. The highest BCUT2D eigenvalue weighted by molar-refractivity contribution is 5.96. The highest BCUT2D eigenvalue weighted by Crippen LogP contribution is 2.37. The van der Waals surface area contributed by atoms with Crippen molar-refractivity contribution >= 4 is 11.8 Å². The minimum Gasteiger partial charge on any atom is -0.328 e. The molecule has 0 radical (unpaired) electrons. The molecule has 5 heteroatoms. The summed E-state index contributed by atoms with van der Waals surface area (Å²) in [6.07, 6.45) is 11.6. The molecular formula is C23H31FN2O2. The van der Waals surface area contributed by atoms with Gasteiger partial charge in [0.1, 0.15) is 18.4 Å². The second-order valence-corrected chi connectivity index (χ2v) is 8.63. The Morgan fingerprint density at radius 1 is 0.786 bits per heavy atom. The zero-order valence-corrected chi connectivity index (χ0v) is 16.6. The lowest BCUT2D eigenvalue weighted by molar-refractivity contribution is -0.162. The summed E-state index contributed by atoms with van der Waals surface area (Å²) in [5.41, 5.74) is 0.352. The van der Waals surface area contributed by atoms with E-state index in [1.807, 2.05) is 0 Å². The number of carbonyl (C=O) groups is 2. The third-order valence-corrected chi connectivity index (χ3v) is 6.82. The van der Waals surface area contributed by atoms with Crippen LogP contribution in [0, 0.1) is 5.82 Å². The maximum absolute atomic E-state index is 14.7. The van der Waals surface area contributed by atoms with Crippen LogP contribution in [0.25, 0.3) is 0 Å². The van der Waals surface area contributed by atoms with Crippen molar-refractivity contribution in [2.75, 3.05) is 6.54 Å². The number of hydrogen-bond acceptors (Lipinski definition) is 2. The van der Waals surface area contributed by atoms with E-state index in [2.05, 4.69) is 0 Å². The standard InChI is InChI=1S/C23H31FN2O2/c24-20-15-9-8-14-19(20)22-23(28)25(17-10-4-1-2-5-11-17)16-21(27)26(22)18-12-6-3-7-13-18/h8-9,14-15,17-18,22H,1-7,10-13,16H2/t22-/m0/s1. The van der Waals surface area contributed by atoms with Crippen molar-refractivity contribution < 1.29 is 14.0 Å². The fourth-order valence-electron chi connectivity index (χ4n) is 5.36. The highest BCUT2D eigenvalue weighted by atomic mass is 19.1. The predicted octanol–water partition coefficient (Wildman–Crippen LogP) is 4.59. The van der Waals surface area contributed by atoms with Crippen LogP contribution in [0.2, 0.25) is 0 Å². The molecule has 3 fully saturated rings. The van der Waals surface area contributed by atoms with Crippen molar-refractivity contribution in [3.63, 3.8) is 0 Å². The third-order valence-electron chi connectivity index (χ3n) is 6.82. The van der Waals surface area contributed by atoms with Crippen molar-refractivity contribution in [3.8, 4) is 0 Å². The molecule has 1 saturated heterocycles. The van der Waals surface area contributed by atoms with Crippen molar-refractivity contribution in [2.24, 2.45) is 0 Å². The molecule has 2 saturated carbocycles. The minimum atomic E-state index is -0.811. The van der Waals surface area contributed by atoms with E-state index in [1.54, 1.807) is 28.0 Å². The van der Waals surface area contributed by atoms with E-state index < -0.39 is 11.9 Å². The fraction of sp³-hybridized carbons (Fsp3) is 0.652. The molecule has 1 aliphatic heterocycles. The lowest BCUT2D eigenvalue weighted by atomic mass is 9.89. The van der Waals surface area contributed by atoms with Crippen LogP contribution in [0.5, 0.6) is 0 Å². The van der Waals surface area contributed by atoms with Crippen molar-refractivity contribution in [1.29, 1.82) is 0 Å². The Morgan fingerprint density at radius 3 is 2.00 bits per heavy atom. The first-order chi connectivity index (χ1) is 13.7. The van der Waals surface area contributed by atoms with Crippen LogP contribution in [0.15, 0.2) is 24.3 Å². The number of halogens is 1. The van der Waals surface area contributed by atoms with E-state index in [0.717, 1.165) is 51.4 Å². The summed E-state index contributed by atoms with van der Waals surface area (Å²) in [6.45, 7) is 0.158. The van der Waals surface area contributed by atoms with Gasteiger partial charge in [0.2, 0.25) is 5.91 Å². The van der Waals surface area contributed by atoms with E-state index in [4.69, 9.17) is 0 Å². The van der Waals surface area contributed by atoms with Crippen LogP contribution in [0.4, 0.5) is 4.39 Å². The summed E-state index contributed by atoms with van der Waals surface area (Å²) in [5.74, 6) is -0.483. The summed E-state index contributed by atoms with van der Waals surface area (Å²) in [5, 5.41) is 0. The largest absolute Gasteiger partial charge is 0.328 e. The van der Waals surface area contributed by atoms with Crippen LogP contribution >= 0.6 is 0 Å². The van der Waals surface area contributed by atoms with Gasteiger partial charge >= 0.3 is 0 Å². The zero-order chi connectivity index (χ0) is 19.5. The van der Waals surface area contributed by atoms with E-state index in [9.17, 15) is 14.0 Å². The fourth-order valence-corrected chi connectivity index (χ4v) is 5.36. The smallest absolute Gasteiger partial charge is 0.250 e. The molecule has 0 spiro atoms. The van der Waals surface area contributed by atoms with Gasteiger partial charge in [-0.15, -0.1) is 0 Å². The van der Waals surface area contributed by atoms with Gasteiger partial charge in [-0.25, -0.2) is 4.39 Å². The van der Waals surface area contributed by atoms with Gasteiger partial charge < -0.3 is 9.80 Å². The second kappa shape index (κ2) is 8.62. The maximum Gasteiger partial charge on any atom is 0.250 e. The molecule has 4 rings (SSSR count). The molecule has 4 nitrogen and oxygen atoms in total. The van der Waals surface area contributed by atoms with Gasteiger partial charge in [-0.2, -0.15) is 0 Å². The van der Waals surface area contributed by atoms with Crippen LogP contribution < -0.4 is 0 Å². The van der Waals surface area contributed by atoms with Gasteiger partial charge in [0.05, 0.1) is 0 Å². The highest BCUT2D eigenvalue weighted by Gasteiger charge is 2.46. The maximum atomic E-state index is 14.7. The number of carbonyl (C=O) groups excluding carboxylic acids is 2. The second-order valence-electron chi connectivity index (χ2n) is 8.63. The Labute approximate surface area is 167 Å². The number of amides is 2. The summed E-state index contributed by atoms with van der Waals surface area (Å²) in [4.78, 5) is 30.5. The Hall–Kier alpha value is -1.91. The third kappa shape index (κ3) is 3.81. The molecule has 0 unspecified atom stereocenters. The van der Waals surface area contributed by atoms with Crippen LogP contribution in [-0.4, -0.2) is 40.2 Å². The zero-order valence-electron chi connectivity index (χ0n) is 16.6. The molecule has 3 aliphatic rings. The van der Waals surface area contributed by atoms with Crippen molar-refractivity contribution in [2.45, 2.75) is 88.8 Å². The van der Waals surface area contributed by atoms with E-state index in [0.29, 0.717) is 5.56 Å². The SMILES string of the molecule is O=C1[C@H](c2ccccc2F)N(C2CCCCC2)C(=O)CN1C1CCCCCC1. The molecular weight excluding hydrogens is 355 g/mol. The Bertz CT molecular complexity index is 708. The Morgan fingerprint density at radius 2 is 1.36 bits per heavy atom. The average Bonchev–Trinajstić information content (AvgIpc) is 3.00. The van der Waals surface area contributed by atoms with E-state index in [1.165, 1.54) is 25.3 Å². The first-order valence-electron chi connectivity index (χ1n) is 11.0. The quantitative estimate of drug-likeness (QED) is 0.713. The van der Waals surface area contributed by atoms with Gasteiger partial charge in [0.15, 0.2) is 0 Å². The number of hydrogen-bond donors (Lipinski definition) is 0. The molecule has 28 heavy (non-hydrogen) atoms. The first kappa shape index (κ1) is 19.4. The van der Waals surface area contributed by atoms with Crippen molar-refractivity contribution in [1.82, 2.24) is 9.80 Å². The lowest BCUT2D eigenvalue weighted by Crippen LogP contribution is -2.61. The molecule has 1 heterocycles. The summed E-state index contributed by atoms with van der Waals surface area (Å²) < 4.78 is 14.7. The normalized spacial score (nSPS) is 25.8. The van der Waals surface area contributed by atoms with E-state index in [-0.39, 0.29) is 30.4 Å².